The number of carbonyl (C=O) groups excluding carboxylic acids is 2. The van der Waals surface area contributed by atoms with E-state index in [1.54, 1.807) is 19.1 Å². The summed E-state index contributed by atoms with van der Waals surface area (Å²) in [5, 5.41) is 13.6. The number of nitro groups is 1. The number of piperidine rings is 1. The molecule has 0 aliphatic carbocycles. The topological polar surface area (TPSA) is 119 Å². The highest BCUT2D eigenvalue weighted by atomic mass is 16.6. The van der Waals surface area contributed by atoms with Crippen LogP contribution in [0.3, 0.4) is 0 Å². The minimum Gasteiger partial charge on any atom is -0.369 e. The van der Waals surface area contributed by atoms with Gasteiger partial charge in [-0.25, -0.2) is 0 Å². The maximum absolute atomic E-state index is 12.4. The zero-order valence-corrected chi connectivity index (χ0v) is 12.9. The Bertz CT molecular complexity index is 619. The van der Waals surface area contributed by atoms with Gasteiger partial charge in [0, 0.05) is 12.6 Å². The van der Waals surface area contributed by atoms with Crippen LogP contribution in [0.4, 0.5) is 11.4 Å². The van der Waals surface area contributed by atoms with Gasteiger partial charge in [0.15, 0.2) is 0 Å². The molecule has 0 saturated carbocycles. The second kappa shape index (κ2) is 7.19. The SMILES string of the molecule is C[C@@H](C(=O)Nc1ccccc1[N+](=O)[O-])N1CCC[C@H](C(N)=O)C1. The van der Waals surface area contributed by atoms with Gasteiger partial charge in [-0.15, -0.1) is 0 Å². The minimum absolute atomic E-state index is 0.151. The molecule has 8 heteroatoms. The molecule has 0 bridgehead atoms. The van der Waals surface area contributed by atoms with E-state index in [2.05, 4.69) is 5.32 Å². The Morgan fingerprint density at radius 3 is 2.78 bits per heavy atom. The Morgan fingerprint density at radius 1 is 1.43 bits per heavy atom. The van der Waals surface area contributed by atoms with E-state index in [4.69, 9.17) is 5.73 Å². The lowest BCUT2D eigenvalue weighted by molar-refractivity contribution is -0.383. The molecule has 124 valence electrons. The van der Waals surface area contributed by atoms with Gasteiger partial charge in [-0.3, -0.25) is 24.6 Å². The molecule has 0 unspecified atom stereocenters. The summed E-state index contributed by atoms with van der Waals surface area (Å²) in [6, 6.07) is 5.49. The minimum atomic E-state index is -0.537. The Morgan fingerprint density at radius 2 is 2.13 bits per heavy atom. The van der Waals surface area contributed by atoms with Crippen molar-refractivity contribution in [3.63, 3.8) is 0 Å². The fourth-order valence-electron chi connectivity index (χ4n) is 2.73. The van der Waals surface area contributed by atoms with Crippen LogP contribution in [-0.4, -0.2) is 40.8 Å². The molecule has 0 radical (unpaired) electrons. The second-order valence-electron chi connectivity index (χ2n) is 5.68. The summed E-state index contributed by atoms with van der Waals surface area (Å²) >= 11 is 0. The largest absolute Gasteiger partial charge is 0.369 e. The van der Waals surface area contributed by atoms with Gasteiger partial charge < -0.3 is 11.1 Å². The molecule has 1 saturated heterocycles. The van der Waals surface area contributed by atoms with Crippen LogP contribution in [0.5, 0.6) is 0 Å². The zero-order valence-electron chi connectivity index (χ0n) is 12.9. The average molecular weight is 320 g/mol. The summed E-state index contributed by atoms with van der Waals surface area (Å²) in [6.45, 7) is 2.84. The molecule has 1 heterocycles. The van der Waals surface area contributed by atoms with E-state index in [9.17, 15) is 19.7 Å². The van der Waals surface area contributed by atoms with Crippen LogP contribution in [0, 0.1) is 16.0 Å². The number of likely N-dealkylation sites (tertiary alicyclic amines) is 1. The molecule has 0 spiro atoms. The summed E-state index contributed by atoms with van der Waals surface area (Å²) in [5.41, 5.74) is 5.35. The molecule has 2 amide bonds. The molecular weight excluding hydrogens is 300 g/mol. The molecule has 1 aromatic rings. The van der Waals surface area contributed by atoms with Gasteiger partial charge in [0.25, 0.3) is 5.69 Å². The van der Waals surface area contributed by atoms with E-state index < -0.39 is 11.0 Å². The third-order valence-corrected chi connectivity index (χ3v) is 4.14. The van der Waals surface area contributed by atoms with Crippen molar-refractivity contribution in [2.24, 2.45) is 11.7 Å². The van der Waals surface area contributed by atoms with Crippen LogP contribution in [0.15, 0.2) is 24.3 Å². The number of nitrogens with one attached hydrogen (secondary N) is 1. The smallest absolute Gasteiger partial charge is 0.292 e. The maximum Gasteiger partial charge on any atom is 0.292 e. The summed E-state index contributed by atoms with van der Waals surface area (Å²) in [4.78, 5) is 36.0. The van der Waals surface area contributed by atoms with Crippen molar-refractivity contribution in [2.75, 3.05) is 18.4 Å². The van der Waals surface area contributed by atoms with E-state index in [1.165, 1.54) is 12.1 Å². The molecule has 1 aromatic carbocycles. The number of amides is 2. The number of nitro benzene ring substituents is 1. The summed E-state index contributed by atoms with van der Waals surface area (Å²) < 4.78 is 0. The van der Waals surface area contributed by atoms with Crippen LogP contribution < -0.4 is 11.1 Å². The van der Waals surface area contributed by atoms with E-state index in [0.29, 0.717) is 13.1 Å². The Balaban J connectivity index is 2.06. The number of rotatable bonds is 5. The van der Waals surface area contributed by atoms with E-state index in [1.807, 2.05) is 4.90 Å². The molecule has 1 fully saturated rings. The fraction of sp³-hybridized carbons (Fsp3) is 0.467. The Labute approximate surface area is 133 Å². The van der Waals surface area contributed by atoms with Crippen LogP contribution >= 0.6 is 0 Å². The molecule has 1 aliphatic rings. The number of anilines is 1. The summed E-state index contributed by atoms with van der Waals surface area (Å²) in [6.07, 6.45) is 1.51. The number of primary amides is 1. The number of nitrogens with two attached hydrogens (primary N) is 1. The summed E-state index contributed by atoms with van der Waals surface area (Å²) in [5.74, 6) is -0.963. The van der Waals surface area contributed by atoms with Crippen LogP contribution in [0.25, 0.3) is 0 Å². The first kappa shape index (κ1) is 16.9. The van der Waals surface area contributed by atoms with Gasteiger partial charge >= 0.3 is 0 Å². The first-order chi connectivity index (χ1) is 10.9. The van der Waals surface area contributed by atoms with Crippen molar-refractivity contribution in [2.45, 2.75) is 25.8 Å². The predicted octanol–water partition coefficient (Wildman–Crippen LogP) is 1.12. The van der Waals surface area contributed by atoms with Gasteiger partial charge in [-0.2, -0.15) is 0 Å². The van der Waals surface area contributed by atoms with Gasteiger partial charge in [-0.05, 0) is 32.4 Å². The molecule has 0 aromatic heterocycles. The zero-order chi connectivity index (χ0) is 17.0. The van der Waals surface area contributed by atoms with Gasteiger partial charge in [0.1, 0.15) is 5.69 Å². The fourth-order valence-corrected chi connectivity index (χ4v) is 2.73. The second-order valence-corrected chi connectivity index (χ2v) is 5.68. The third kappa shape index (κ3) is 4.04. The molecule has 1 aliphatic heterocycles. The number of carbonyl (C=O) groups is 2. The Kier molecular flexibility index (Phi) is 5.28. The van der Waals surface area contributed by atoms with Crippen molar-refractivity contribution in [1.29, 1.82) is 0 Å². The van der Waals surface area contributed by atoms with Gasteiger partial charge in [0.2, 0.25) is 11.8 Å². The third-order valence-electron chi connectivity index (χ3n) is 4.14. The van der Waals surface area contributed by atoms with E-state index in [0.717, 1.165) is 12.8 Å². The standard InChI is InChI=1S/C15H20N4O4/c1-10(18-8-4-5-11(9-18)14(16)20)15(21)17-12-6-2-3-7-13(12)19(22)23/h2-3,6-7,10-11H,4-5,8-9H2,1H3,(H2,16,20)(H,17,21)/t10-,11-/m0/s1. The summed E-state index contributed by atoms with van der Waals surface area (Å²) in [7, 11) is 0. The van der Waals surface area contributed by atoms with Gasteiger partial charge in [0.05, 0.1) is 16.9 Å². The van der Waals surface area contributed by atoms with Crippen molar-refractivity contribution < 1.29 is 14.5 Å². The quantitative estimate of drug-likeness (QED) is 0.622. The van der Waals surface area contributed by atoms with Crippen molar-refractivity contribution in [3.05, 3.63) is 34.4 Å². The predicted molar refractivity (Wildman–Crippen MR) is 84.7 cm³/mol. The number of nitrogens with zero attached hydrogens (tertiary/aromatic N) is 2. The first-order valence-corrected chi connectivity index (χ1v) is 7.47. The molecule has 2 atom stereocenters. The van der Waals surface area contributed by atoms with Crippen LogP contribution in [0.1, 0.15) is 19.8 Å². The van der Waals surface area contributed by atoms with Crippen molar-refractivity contribution in [3.8, 4) is 0 Å². The van der Waals surface area contributed by atoms with Crippen LogP contribution in [-0.2, 0) is 9.59 Å². The molecule has 8 nitrogen and oxygen atoms in total. The van der Waals surface area contributed by atoms with Crippen molar-refractivity contribution >= 4 is 23.2 Å². The highest BCUT2D eigenvalue weighted by Crippen LogP contribution is 2.24. The normalized spacial score (nSPS) is 19.8. The number of hydrogen-bond donors (Lipinski definition) is 2. The molecule has 3 N–H and O–H groups in total. The number of benzene rings is 1. The van der Waals surface area contributed by atoms with Crippen molar-refractivity contribution in [1.82, 2.24) is 4.90 Å². The van der Waals surface area contributed by atoms with Crippen LogP contribution in [0.2, 0.25) is 0 Å². The molecular formula is C15H20N4O4. The van der Waals surface area contributed by atoms with Gasteiger partial charge in [-0.1, -0.05) is 12.1 Å². The number of para-hydroxylation sites is 2. The van der Waals surface area contributed by atoms with E-state index in [-0.39, 0.29) is 29.1 Å². The lowest BCUT2D eigenvalue weighted by atomic mass is 9.96. The lowest BCUT2D eigenvalue weighted by Gasteiger charge is -2.34. The first-order valence-electron chi connectivity index (χ1n) is 7.47. The van der Waals surface area contributed by atoms with E-state index >= 15 is 0 Å². The highest BCUT2D eigenvalue weighted by Gasteiger charge is 2.30. The molecule has 23 heavy (non-hydrogen) atoms. The maximum atomic E-state index is 12.4. The lowest BCUT2D eigenvalue weighted by Crippen LogP contribution is -2.49. The number of hydrogen-bond acceptors (Lipinski definition) is 5. The Hall–Kier alpha value is -2.48. The average Bonchev–Trinajstić information content (AvgIpc) is 2.54. The molecule has 2 rings (SSSR count). The monoisotopic (exact) mass is 320 g/mol. The highest BCUT2D eigenvalue weighted by molar-refractivity contribution is 5.96.